The summed E-state index contributed by atoms with van der Waals surface area (Å²) >= 11 is 0. The van der Waals surface area contributed by atoms with Gasteiger partial charge in [0.1, 0.15) is 104 Å². The zero-order valence-electron chi connectivity index (χ0n) is 47.6. The molecule has 25 unspecified atom stereocenters. The first kappa shape index (κ1) is 72.5. The molecule has 0 aromatic rings. The first-order chi connectivity index (χ1) is 40.0. The highest BCUT2D eigenvalue weighted by molar-refractivity contribution is 5.00. The molecule has 32 heteroatoms. The molecule has 5 aliphatic heterocycles. The van der Waals surface area contributed by atoms with Gasteiger partial charge in [-0.15, -0.1) is 0 Å². The monoisotopic (exact) mass is 1220 g/mol. The smallest absolute Gasteiger partial charge is 0.187 e. The summed E-state index contributed by atoms with van der Waals surface area (Å²) in [4.78, 5) is 0. The predicted molar refractivity (Wildman–Crippen MR) is 273 cm³/mol. The van der Waals surface area contributed by atoms with Crippen LogP contribution in [0, 0.1) is 11.8 Å². The van der Waals surface area contributed by atoms with Gasteiger partial charge in [0.25, 0.3) is 0 Å². The summed E-state index contributed by atoms with van der Waals surface area (Å²) in [6, 6.07) is 0. The molecule has 5 saturated heterocycles. The van der Waals surface area contributed by atoms with Crippen LogP contribution in [0.5, 0.6) is 0 Å². The molecular weight excluding hydrogens is 1120 g/mol. The van der Waals surface area contributed by atoms with Gasteiger partial charge in [0.05, 0.1) is 144 Å². The fourth-order valence-electron chi connectivity index (χ4n) is 10.6. The van der Waals surface area contributed by atoms with Gasteiger partial charge in [0, 0.05) is 13.0 Å². The Morgan fingerprint density at radius 3 is 1.17 bits per heavy atom. The van der Waals surface area contributed by atoms with Crippen molar-refractivity contribution in [3.05, 3.63) is 0 Å². The maximum Gasteiger partial charge on any atom is 0.187 e. The molecule has 5 aliphatic rings. The normalized spacial score (nSPS) is 39.9. The Bertz CT molecular complexity index is 1690. The van der Waals surface area contributed by atoms with Gasteiger partial charge in [-0.3, -0.25) is 0 Å². The molecule has 490 valence electrons. The van der Waals surface area contributed by atoms with Crippen LogP contribution in [-0.4, -0.2) is 358 Å². The molecule has 5 fully saturated rings. The average Bonchev–Trinajstić information content (AvgIpc) is 3.66. The maximum atomic E-state index is 12.3. The van der Waals surface area contributed by atoms with Crippen molar-refractivity contribution >= 4 is 0 Å². The summed E-state index contributed by atoms with van der Waals surface area (Å²) in [6.45, 7) is -0.115. The van der Waals surface area contributed by atoms with Crippen LogP contribution in [0.3, 0.4) is 0 Å². The lowest BCUT2D eigenvalue weighted by atomic mass is 9.81. The van der Waals surface area contributed by atoms with E-state index in [2.05, 4.69) is 0 Å². The lowest BCUT2D eigenvalue weighted by Gasteiger charge is -2.51. The molecule has 32 nitrogen and oxygen atoms in total. The Kier molecular flexibility index (Phi) is 32.9. The van der Waals surface area contributed by atoms with Gasteiger partial charge in [0.15, 0.2) is 31.5 Å². The first-order valence-electron chi connectivity index (χ1n) is 28.2. The molecule has 0 amide bonds. The third-order valence-corrected chi connectivity index (χ3v) is 14.3. The summed E-state index contributed by atoms with van der Waals surface area (Å²) in [5, 5.41) is 151. The number of aliphatic hydroxyl groups excluding tert-OH is 14. The number of methoxy groups -OCH3 is 1. The largest absolute Gasteiger partial charge is 0.394 e. The van der Waals surface area contributed by atoms with Gasteiger partial charge in [-0.05, 0) is 19.8 Å². The first-order valence-corrected chi connectivity index (χ1v) is 28.2. The molecule has 0 saturated carbocycles. The van der Waals surface area contributed by atoms with Crippen molar-refractivity contribution in [2.24, 2.45) is 11.8 Å². The number of rotatable bonds is 38. The number of aliphatic hydroxyl groups is 14. The summed E-state index contributed by atoms with van der Waals surface area (Å²) in [5.41, 5.74) is 0. The van der Waals surface area contributed by atoms with Gasteiger partial charge >= 0.3 is 0 Å². The van der Waals surface area contributed by atoms with Crippen molar-refractivity contribution in [3.8, 4) is 0 Å². The van der Waals surface area contributed by atoms with Crippen molar-refractivity contribution in [2.75, 3.05) is 133 Å². The fraction of sp³-hybridized carbons (Fsp3) is 1.00. The Labute approximate surface area is 481 Å². The molecule has 0 radical (unpaired) electrons. The second-order valence-corrected chi connectivity index (χ2v) is 20.8. The van der Waals surface area contributed by atoms with Crippen molar-refractivity contribution in [1.82, 2.24) is 0 Å². The van der Waals surface area contributed by atoms with E-state index >= 15 is 0 Å². The minimum absolute atomic E-state index is 0.0624. The average molecular weight is 1220 g/mol. The van der Waals surface area contributed by atoms with Crippen LogP contribution in [0.1, 0.15) is 27.7 Å². The molecule has 0 bridgehead atoms. The third-order valence-electron chi connectivity index (χ3n) is 14.3. The molecule has 25 atom stereocenters. The molecule has 5 heterocycles. The second-order valence-electron chi connectivity index (χ2n) is 20.8. The summed E-state index contributed by atoms with van der Waals surface area (Å²) in [5.74, 6) is -0.859. The molecule has 0 aromatic heterocycles. The number of ether oxygens (including phenoxy) is 18. The fourth-order valence-corrected chi connectivity index (χ4v) is 10.6. The SMILES string of the molecule is COC1OC(COCCO)C(OCC2OC(OC3C(COCCO)OC(OC(C)C)C(OCCO)C3O)C(O)C(O)C2OC2OC(CO)C(OC3OC(COCCO)C(C(C)C)C(O)C3OCCO)C(O)C2OCCO)C(O)C1OCCO. The molecule has 0 aromatic carbocycles. The predicted octanol–water partition coefficient (Wildman–Crippen LogP) is -7.81. The lowest BCUT2D eigenvalue weighted by molar-refractivity contribution is -0.395. The van der Waals surface area contributed by atoms with Crippen molar-refractivity contribution in [2.45, 2.75) is 181 Å². The van der Waals surface area contributed by atoms with Crippen molar-refractivity contribution in [1.29, 1.82) is 0 Å². The highest BCUT2D eigenvalue weighted by Gasteiger charge is 2.58. The summed E-state index contributed by atoms with van der Waals surface area (Å²) in [7, 11) is 1.28. The van der Waals surface area contributed by atoms with E-state index in [1.54, 1.807) is 13.8 Å². The van der Waals surface area contributed by atoms with Crippen LogP contribution >= 0.6 is 0 Å². The van der Waals surface area contributed by atoms with Gasteiger partial charge in [0.2, 0.25) is 0 Å². The minimum atomic E-state index is -2.12. The zero-order chi connectivity index (χ0) is 60.8. The summed E-state index contributed by atoms with van der Waals surface area (Å²) < 4.78 is 108. The van der Waals surface area contributed by atoms with Gasteiger partial charge in [-0.1, -0.05) is 13.8 Å². The molecule has 83 heavy (non-hydrogen) atoms. The van der Waals surface area contributed by atoms with Crippen LogP contribution in [0.25, 0.3) is 0 Å². The zero-order valence-corrected chi connectivity index (χ0v) is 47.6. The second kappa shape index (κ2) is 37.7. The summed E-state index contributed by atoms with van der Waals surface area (Å²) in [6.07, 6.45) is -37.6. The number of hydrogen-bond donors (Lipinski definition) is 14. The Morgan fingerprint density at radius 2 is 0.699 bits per heavy atom. The molecule has 0 aliphatic carbocycles. The van der Waals surface area contributed by atoms with Gasteiger partial charge < -0.3 is 157 Å². The van der Waals surface area contributed by atoms with E-state index in [1.807, 2.05) is 13.8 Å². The van der Waals surface area contributed by atoms with E-state index in [9.17, 15) is 71.5 Å². The highest BCUT2D eigenvalue weighted by Crippen LogP contribution is 2.39. The molecule has 5 rings (SSSR count). The quantitative estimate of drug-likeness (QED) is 0.0255. The van der Waals surface area contributed by atoms with Crippen LogP contribution in [-0.2, 0) is 85.3 Å². The Hall–Kier alpha value is -1.28. The van der Waals surface area contributed by atoms with Crippen LogP contribution in [0.2, 0.25) is 0 Å². The van der Waals surface area contributed by atoms with Crippen LogP contribution in [0.15, 0.2) is 0 Å². The number of hydrogen-bond acceptors (Lipinski definition) is 32. The van der Waals surface area contributed by atoms with E-state index in [4.69, 9.17) is 85.3 Å². The molecular formula is C51H94O32. The van der Waals surface area contributed by atoms with E-state index < -0.39 is 212 Å². The minimum Gasteiger partial charge on any atom is -0.394 e. The highest BCUT2D eigenvalue weighted by atomic mass is 16.8. The van der Waals surface area contributed by atoms with Crippen molar-refractivity contribution < 1.29 is 157 Å². The van der Waals surface area contributed by atoms with Crippen molar-refractivity contribution in [3.63, 3.8) is 0 Å². The third kappa shape index (κ3) is 19.9. The molecule has 0 spiro atoms. The Morgan fingerprint density at radius 1 is 0.337 bits per heavy atom. The molecule has 14 N–H and O–H groups in total. The van der Waals surface area contributed by atoms with E-state index in [-0.39, 0.29) is 78.6 Å². The van der Waals surface area contributed by atoms with E-state index in [0.29, 0.717) is 0 Å². The maximum absolute atomic E-state index is 12.3. The topological polar surface area (TPSA) is 449 Å². The lowest BCUT2D eigenvalue weighted by Crippen LogP contribution is -2.68. The van der Waals surface area contributed by atoms with Gasteiger partial charge in [-0.2, -0.15) is 0 Å². The van der Waals surface area contributed by atoms with Crippen LogP contribution < -0.4 is 0 Å². The Balaban J connectivity index is 1.52. The van der Waals surface area contributed by atoms with E-state index in [0.717, 1.165) is 0 Å². The van der Waals surface area contributed by atoms with Crippen LogP contribution in [0.4, 0.5) is 0 Å². The van der Waals surface area contributed by atoms with Gasteiger partial charge in [-0.25, -0.2) is 0 Å². The van der Waals surface area contributed by atoms with E-state index in [1.165, 1.54) is 7.11 Å². The standard InChI is InChI=1S/C51H94O32/c1-25(2)32-28(21-67-13-6-52)77-50(43(33(32)60)70-16-9-55)82-40-27(20-59)76-51(46(37(40)64)73-19-12-58)83-41-31(24-74-39-29(22-68-14-7-53)79-48(66-5)44(36(39)63)71-17-10-56)78-47(35(62)34(41)61)81-42-30(23-69-15-8-54)80-49(75-26(3)4)45(38(42)65)72-18-11-57/h25-65H,6-24H2,1-5H3.